The minimum Gasteiger partial charge on any atom is -0.352 e. The van der Waals surface area contributed by atoms with Gasteiger partial charge in [0.1, 0.15) is 12.6 Å². The van der Waals surface area contributed by atoms with Crippen LogP contribution in [0.15, 0.2) is 36.4 Å². The van der Waals surface area contributed by atoms with Crippen LogP contribution in [0, 0.1) is 6.92 Å². The van der Waals surface area contributed by atoms with Crippen LogP contribution in [0.25, 0.3) is 0 Å². The van der Waals surface area contributed by atoms with E-state index in [1.807, 2.05) is 31.2 Å². The maximum atomic E-state index is 13.7. The van der Waals surface area contributed by atoms with E-state index in [2.05, 4.69) is 5.32 Å². The summed E-state index contributed by atoms with van der Waals surface area (Å²) in [5, 5.41) is 3.31. The lowest BCUT2D eigenvalue weighted by molar-refractivity contribution is -0.139. The molecule has 0 heterocycles. The van der Waals surface area contributed by atoms with Gasteiger partial charge in [0.15, 0.2) is 0 Å². The van der Waals surface area contributed by atoms with Crippen molar-refractivity contribution in [1.82, 2.24) is 10.2 Å². The Morgan fingerprint density at radius 1 is 1.06 bits per heavy atom. The average Bonchev–Trinajstić information content (AvgIpc) is 3.31. The smallest absolute Gasteiger partial charge is 0.244 e. The Bertz CT molecular complexity index is 1230. The Morgan fingerprint density at radius 3 is 2.28 bits per heavy atom. The maximum absolute atomic E-state index is 13.7. The van der Waals surface area contributed by atoms with Crippen LogP contribution in [0.3, 0.4) is 0 Å². The molecule has 0 bridgehead atoms. The number of nitrogens with one attached hydrogen (secondary N) is 1. The summed E-state index contributed by atoms with van der Waals surface area (Å²) in [5.41, 5.74) is 1.83. The van der Waals surface area contributed by atoms with Crippen molar-refractivity contribution in [3.05, 3.63) is 62.6 Å². The predicted octanol–water partition coefficient (Wildman–Crippen LogP) is 5.20. The van der Waals surface area contributed by atoms with Gasteiger partial charge in [-0.05, 0) is 49.9 Å². The molecule has 1 fully saturated rings. The van der Waals surface area contributed by atoms with Crippen LogP contribution < -0.4 is 9.62 Å². The zero-order valence-corrected chi connectivity index (χ0v) is 23.5. The van der Waals surface area contributed by atoms with Gasteiger partial charge in [0.05, 0.1) is 27.0 Å². The normalized spacial score (nSPS) is 14.9. The van der Waals surface area contributed by atoms with Gasteiger partial charge in [0.2, 0.25) is 21.8 Å². The molecule has 1 atom stereocenters. The molecule has 1 aliphatic carbocycles. The van der Waals surface area contributed by atoms with Crippen LogP contribution in [0.5, 0.6) is 0 Å². The predicted molar refractivity (Wildman–Crippen MR) is 145 cm³/mol. The first kappa shape index (κ1) is 28.6. The number of hydrogen-bond acceptors (Lipinski definition) is 4. The number of nitrogens with zero attached hydrogens (tertiary/aromatic N) is 2. The molecule has 2 aromatic carbocycles. The summed E-state index contributed by atoms with van der Waals surface area (Å²) in [4.78, 5) is 28.2. The Balaban J connectivity index is 1.94. The Morgan fingerprint density at radius 2 is 1.67 bits per heavy atom. The van der Waals surface area contributed by atoms with Crippen LogP contribution in [0.2, 0.25) is 15.1 Å². The monoisotopic (exact) mass is 573 g/mol. The minimum absolute atomic E-state index is 0.0279. The van der Waals surface area contributed by atoms with E-state index < -0.39 is 28.5 Å². The van der Waals surface area contributed by atoms with Crippen molar-refractivity contribution in [3.8, 4) is 0 Å². The molecule has 2 aromatic rings. The van der Waals surface area contributed by atoms with Crippen molar-refractivity contribution >= 4 is 62.3 Å². The third-order valence-electron chi connectivity index (χ3n) is 6.41. The summed E-state index contributed by atoms with van der Waals surface area (Å²) in [6.07, 6.45) is 4.89. The molecular weight excluding hydrogens is 545 g/mol. The van der Waals surface area contributed by atoms with E-state index in [0.717, 1.165) is 47.4 Å². The molecule has 1 aliphatic rings. The maximum Gasteiger partial charge on any atom is 0.244 e. The molecule has 0 aliphatic heterocycles. The third-order valence-corrected chi connectivity index (χ3v) is 8.56. The minimum atomic E-state index is -3.95. The second kappa shape index (κ2) is 12.0. The number of amides is 2. The van der Waals surface area contributed by atoms with E-state index >= 15 is 0 Å². The molecule has 196 valence electrons. The molecule has 0 aromatic heterocycles. The van der Waals surface area contributed by atoms with Crippen LogP contribution >= 0.6 is 34.8 Å². The molecule has 2 amide bonds. The van der Waals surface area contributed by atoms with E-state index in [1.54, 1.807) is 6.92 Å². The number of benzene rings is 2. The highest BCUT2D eigenvalue weighted by Crippen LogP contribution is 2.35. The van der Waals surface area contributed by atoms with Crippen LogP contribution in [0.1, 0.15) is 43.7 Å². The molecule has 0 radical (unpaired) electrons. The van der Waals surface area contributed by atoms with Gasteiger partial charge in [-0.3, -0.25) is 13.9 Å². The topological polar surface area (TPSA) is 86.8 Å². The summed E-state index contributed by atoms with van der Waals surface area (Å²) >= 11 is 18.4. The van der Waals surface area contributed by atoms with Crippen LogP contribution in [-0.4, -0.2) is 50.0 Å². The molecule has 1 saturated carbocycles. The van der Waals surface area contributed by atoms with E-state index in [-0.39, 0.29) is 39.2 Å². The number of rotatable bonds is 9. The van der Waals surface area contributed by atoms with E-state index in [1.165, 1.54) is 17.0 Å². The van der Waals surface area contributed by atoms with Crippen molar-refractivity contribution < 1.29 is 18.0 Å². The van der Waals surface area contributed by atoms with Crippen molar-refractivity contribution in [1.29, 1.82) is 0 Å². The highest BCUT2D eigenvalue weighted by Gasteiger charge is 2.32. The van der Waals surface area contributed by atoms with Gasteiger partial charge in [0, 0.05) is 12.6 Å². The Kier molecular flexibility index (Phi) is 9.55. The second-order valence-corrected chi connectivity index (χ2v) is 12.2. The highest BCUT2D eigenvalue weighted by atomic mass is 35.5. The number of anilines is 1. The molecule has 3 rings (SSSR count). The lowest BCUT2D eigenvalue weighted by atomic mass is 10.1. The fourth-order valence-corrected chi connectivity index (χ4v) is 5.79. The van der Waals surface area contributed by atoms with Crippen molar-refractivity contribution in [2.24, 2.45) is 0 Å². The molecular formula is C25H30Cl3N3O4S. The summed E-state index contributed by atoms with van der Waals surface area (Å²) in [6, 6.07) is 9.42. The fraction of sp³-hybridized carbons (Fsp3) is 0.440. The standard InChI is InChI=1S/C25H30Cl3N3O4S/c1-16-8-4-5-9-18(16)14-30(17(2)25(33)29-19-10-6-7-11-19)24(32)15-31(36(3,34)35)23-13-21(27)20(26)12-22(23)28/h4-5,8-9,12-13,17,19H,6-7,10-11,14-15H2,1-3H3,(H,29,33)/t17-/m0/s1. The lowest BCUT2D eigenvalue weighted by Gasteiger charge is -2.32. The lowest BCUT2D eigenvalue weighted by Crippen LogP contribution is -2.52. The highest BCUT2D eigenvalue weighted by molar-refractivity contribution is 7.92. The van der Waals surface area contributed by atoms with Gasteiger partial charge < -0.3 is 10.2 Å². The first-order valence-corrected chi connectivity index (χ1v) is 14.6. The largest absolute Gasteiger partial charge is 0.352 e. The molecule has 0 saturated heterocycles. The molecule has 11 heteroatoms. The van der Waals surface area contributed by atoms with Crippen LogP contribution in [0.4, 0.5) is 5.69 Å². The zero-order chi connectivity index (χ0) is 26.6. The number of aryl methyl sites for hydroxylation is 1. The first-order chi connectivity index (χ1) is 16.9. The van der Waals surface area contributed by atoms with E-state index in [0.29, 0.717) is 0 Å². The van der Waals surface area contributed by atoms with Gasteiger partial charge in [-0.2, -0.15) is 0 Å². The summed E-state index contributed by atoms with van der Waals surface area (Å²) < 4.78 is 26.3. The quantitative estimate of drug-likeness (QED) is 0.417. The fourth-order valence-electron chi connectivity index (χ4n) is 4.24. The molecule has 7 nitrogen and oxygen atoms in total. The SMILES string of the molecule is Cc1ccccc1CN(C(=O)CN(c1cc(Cl)c(Cl)cc1Cl)S(C)(=O)=O)[C@@H](C)C(=O)NC1CCCC1. The van der Waals surface area contributed by atoms with Crippen molar-refractivity contribution in [2.75, 3.05) is 17.1 Å². The van der Waals surface area contributed by atoms with Crippen LogP contribution in [-0.2, 0) is 26.2 Å². The number of hydrogen-bond donors (Lipinski definition) is 1. The number of carbonyl (C=O) groups is 2. The molecule has 0 unspecified atom stereocenters. The van der Waals surface area contributed by atoms with Gasteiger partial charge in [-0.25, -0.2) is 8.42 Å². The van der Waals surface area contributed by atoms with Gasteiger partial charge in [-0.15, -0.1) is 0 Å². The summed E-state index contributed by atoms with van der Waals surface area (Å²) in [5.74, 6) is -0.831. The van der Waals surface area contributed by atoms with Gasteiger partial charge >= 0.3 is 0 Å². The number of sulfonamides is 1. The van der Waals surface area contributed by atoms with E-state index in [9.17, 15) is 18.0 Å². The molecule has 0 spiro atoms. The average molecular weight is 575 g/mol. The molecule has 1 N–H and O–H groups in total. The summed E-state index contributed by atoms with van der Waals surface area (Å²) in [6.45, 7) is 3.14. The Hall–Kier alpha value is -2.00. The zero-order valence-electron chi connectivity index (χ0n) is 20.4. The second-order valence-electron chi connectivity index (χ2n) is 9.10. The third kappa shape index (κ3) is 7.06. The summed E-state index contributed by atoms with van der Waals surface area (Å²) in [7, 11) is -3.95. The number of halogens is 3. The Labute approximate surface area is 227 Å². The van der Waals surface area contributed by atoms with Gasteiger partial charge in [-0.1, -0.05) is 71.9 Å². The van der Waals surface area contributed by atoms with Crippen molar-refractivity contribution in [3.63, 3.8) is 0 Å². The van der Waals surface area contributed by atoms with Crippen molar-refractivity contribution in [2.45, 2.75) is 58.2 Å². The number of carbonyl (C=O) groups excluding carboxylic acids is 2. The first-order valence-electron chi connectivity index (χ1n) is 11.6. The van der Waals surface area contributed by atoms with Gasteiger partial charge in [0.25, 0.3) is 0 Å². The van der Waals surface area contributed by atoms with E-state index in [4.69, 9.17) is 34.8 Å². The molecule has 36 heavy (non-hydrogen) atoms.